The lowest BCUT2D eigenvalue weighted by molar-refractivity contribution is -0.160. The molecule has 3 aromatic rings. The molecular formula is C30H26N2O5. The number of nitrogens with one attached hydrogen (secondary N) is 1. The van der Waals surface area contributed by atoms with E-state index in [4.69, 9.17) is 4.74 Å². The number of carbonyl (C=O) groups is 4. The summed E-state index contributed by atoms with van der Waals surface area (Å²) in [6.07, 6.45) is 4.97. The molecule has 6 rings (SSSR count). The molecule has 3 aromatic carbocycles. The first-order chi connectivity index (χ1) is 18.0. The van der Waals surface area contributed by atoms with E-state index in [9.17, 15) is 19.2 Å². The first-order valence-corrected chi connectivity index (χ1v) is 12.5. The van der Waals surface area contributed by atoms with Crippen molar-refractivity contribution in [2.45, 2.75) is 18.9 Å². The summed E-state index contributed by atoms with van der Waals surface area (Å²) in [5.41, 5.74) is 1.41. The van der Waals surface area contributed by atoms with Crippen molar-refractivity contribution in [3.8, 4) is 0 Å². The molecule has 37 heavy (non-hydrogen) atoms. The van der Waals surface area contributed by atoms with E-state index in [1.165, 1.54) is 0 Å². The SMILES string of the molecule is O=C(COC(=O)[C@H](Cc1ccccc1)N1C(=O)[C@@H]2[C@@H](C1=O)[C@H]1C=C[C@H]2C1)Nc1cccc2ccccc12. The normalized spacial score (nSPS) is 24.4. The number of fused-ring (bicyclic) bond motifs is 6. The Hall–Kier alpha value is -4.26. The van der Waals surface area contributed by atoms with Crippen molar-refractivity contribution in [2.24, 2.45) is 23.7 Å². The second kappa shape index (κ2) is 9.32. The molecule has 186 valence electrons. The molecule has 2 fully saturated rings. The van der Waals surface area contributed by atoms with E-state index in [0.29, 0.717) is 5.69 Å². The Morgan fingerprint density at radius 3 is 2.24 bits per heavy atom. The van der Waals surface area contributed by atoms with Crippen molar-refractivity contribution in [3.05, 3.63) is 90.5 Å². The van der Waals surface area contributed by atoms with E-state index in [1.807, 2.05) is 78.9 Å². The molecule has 1 aliphatic heterocycles. The molecule has 2 aliphatic carbocycles. The number of nitrogens with zero attached hydrogens (tertiary/aromatic N) is 1. The number of rotatable bonds is 7. The van der Waals surface area contributed by atoms with Gasteiger partial charge in [0.25, 0.3) is 5.91 Å². The number of hydrogen-bond donors (Lipinski definition) is 1. The molecular weight excluding hydrogens is 468 g/mol. The Morgan fingerprint density at radius 2 is 1.51 bits per heavy atom. The third kappa shape index (κ3) is 4.10. The second-order valence-corrected chi connectivity index (χ2v) is 9.93. The number of likely N-dealkylation sites (tertiary alicyclic amines) is 1. The van der Waals surface area contributed by atoms with Gasteiger partial charge in [-0.1, -0.05) is 78.9 Å². The number of amides is 3. The maximum Gasteiger partial charge on any atom is 0.330 e. The fourth-order valence-electron chi connectivity index (χ4n) is 6.10. The number of esters is 1. The van der Waals surface area contributed by atoms with E-state index < -0.39 is 36.4 Å². The predicted octanol–water partition coefficient (Wildman–Crippen LogP) is 3.74. The molecule has 5 atom stereocenters. The van der Waals surface area contributed by atoms with Crippen LogP contribution in [-0.2, 0) is 30.3 Å². The van der Waals surface area contributed by atoms with E-state index in [1.54, 1.807) is 6.07 Å². The summed E-state index contributed by atoms with van der Waals surface area (Å²) in [5.74, 6) is -2.64. The highest BCUT2D eigenvalue weighted by atomic mass is 16.5. The van der Waals surface area contributed by atoms with Gasteiger partial charge in [-0.05, 0) is 35.3 Å². The molecule has 0 aromatic heterocycles. The Balaban J connectivity index is 1.19. The fourth-order valence-corrected chi connectivity index (χ4v) is 6.10. The van der Waals surface area contributed by atoms with E-state index >= 15 is 0 Å². The first-order valence-electron chi connectivity index (χ1n) is 12.5. The Morgan fingerprint density at radius 1 is 0.865 bits per heavy atom. The van der Waals surface area contributed by atoms with E-state index in [-0.39, 0.29) is 30.1 Å². The molecule has 1 saturated heterocycles. The van der Waals surface area contributed by atoms with Crippen LogP contribution in [0.1, 0.15) is 12.0 Å². The van der Waals surface area contributed by atoms with Crippen LogP contribution in [0, 0.1) is 23.7 Å². The smallest absolute Gasteiger partial charge is 0.330 e. The van der Waals surface area contributed by atoms with Crippen molar-refractivity contribution in [3.63, 3.8) is 0 Å². The third-order valence-electron chi connectivity index (χ3n) is 7.77. The molecule has 7 nitrogen and oxygen atoms in total. The number of ether oxygens (including phenoxy) is 1. The first kappa shape index (κ1) is 23.2. The van der Waals surface area contributed by atoms with Gasteiger partial charge in [0.1, 0.15) is 6.04 Å². The lowest BCUT2D eigenvalue weighted by atomic mass is 9.85. The number of carbonyl (C=O) groups excluding carboxylic acids is 4. The van der Waals surface area contributed by atoms with Crippen LogP contribution in [0.25, 0.3) is 10.8 Å². The predicted molar refractivity (Wildman–Crippen MR) is 137 cm³/mol. The largest absolute Gasteiger partial charge is 0.454 e. The number of anilines is 1. The summed E-state index contributed by atoms with van der Waals surface area (Å²) in [6.45, 7) is -0.525. The van der Waals surface area contributed by atoms with Gasteiger partial charge in [-0.2, -0.15) is 0 Å². The second-order valence-electron chi connectivity index (χ2n) is 9.93. The standard InChI is InChI=1S/C30H26N2O5/c33-25(31-23-12-6-10-19-9-4-5-11-22(19)23)17-37-30(36)24(15-18-7-2-1-3-8-18)32-28(34)26-20-13-14-21(16-20)27(26)29(32)35/h1-14,20-21,24,26-27H,15-17H2,(H,31,33)/t20-,21-,24-,26-,27-/m0/s1. The average molecular weight is 495 g/mol. The zero-order valence-corrected chi connectivity index (χ0v) is 20.1. The van der Waals surface area contributed by atoms with E-state index in [0.717, 1.165) is 27.7 Å². The molecule has 2 bridgehead atoms. The van der Waals surface area contributed by atoms with Gasteiger partial charge in [0, 0.05) is 17.5 Å². The van der Waals surface area contributed by atoms with Crippen LogP contribution in [0.3, 0.4) is 0 Å². The molecule has 7 heteroatoms. The van der Waals surface area contributed by atoms with Gasteiger partial charge in [0.2, 0.25) is 11.8 Å². The minimum absolute atomic E-state index is 0.0383. The topological polar surface area (TPSA) is 92.8 Å². The number of imide groups is 1. The van der Waals surface area contributed by atoms with Gasteiger partial charge in [-0.15, -0.1) is 0 Å². The van der Waals surface area contributed by atoms with Crippen LogP contribution < -0.4 is 5.32 Å². The van der Waals surface area contributed by atoms with Crippen LogP contribution in [0.5, 0.6) is 0 Å². The van der Waals surface area contributed by atoms with Crippen molar-refractivity contribution in [2.75, 3.05) is 11.9 Å². The zero-order chi connectivity index (χ0) is 25.5. The van der Waals surface area contributed by atoms with Gasteiger partial charge in [-0.3, -0.25) is 19.3 Å². The van der Waals surface area contributed by atoms with Gasteiger partial charge in [0.05, 0.1) is 11.8 Å². The summed E-state index contributed by atoms with van der Waals surface area (Å²) < 4.78 is 5.41. The number of hydrogen-bond acceptors (Lipinski definition) is 5. The lowest BCUT2D eigenvalue weighted by Gasteiger charge is -2.26. The molecule has 1 saturated carbocycles. The van der Waals surface area contributed by atoms with Crippen LogP contribution in [-0.4, -0.2) is 41.2 Å². The average Bonchev–Trinajstić information content (AvgIpc) is 3.60. The van der Waals surface area contributed by atoms with E-state index in [2.05, 4.69) is 5.32 Å². The summed E-state index contributed by atoms with van der Waals surface area (Å²) >= 11 is 0. The van der Waals surface area contributed by atoms with Gasteiger partial charge >= 0.3 is 5.97 Å². The van der Waals surface area contributed by atoms with Crippen molar-refractivity contribution in [1.29, 1.82) is 0 Å². The van der Waals surface area contributed by atoms with Crippen LogP contribution in [0.4, 0.5) is 5.69 Å². The van der Waals surface area contributed by atoms with Gasteiger partial charge in [-0.25, -0.2) is 4.79 Å². The molecule has 3 amide bonds. The maximum atomic E-state index is 13.4. The quantitative estimate of drug-likeness (QED) is 0.307. The molecule has 1 N–H and O–H groups in total. The van der Waals surface area contributed by atoms with Gasteiger partial charge < -0.3 is 10.1 Å². The molecule has 0 radical (unpaired) electrons. The zero-order valence-electron chi connectivity index (χ0n) is 20.1. The van der Waals surface area contributed by atoms with Crippen molar-refractivity contribution in [1.82, 2.24) is 4.90 Å². The Kier molecular flexibility index (Phi) is 5.83. The Labute approximate surface area is 214 Å². The third-order valence-corrected chi connectivity index (χ3v) is 7.77. The minimum Gasteiger partial charge on any atom is -0.454 e. The van der Waals surface area contributed by atoms with Crippen LogP contribution in [0.15, 0.2) is 84.9 Å². The highest BCUT2D eigenvalue weighted by Gasteiger charge is 2.61. The molecule has 0 unspecified atom stereocenters. The van der Waals surface area contributed by atoms with Crippen LogP contribution in [0.2, 0.25) is 0 Å². The van der Waals surface area contributed by atoms with Gasteiger partial charge in [0.15, 0.2) is 6.61 Å². The lowest BCUT2D eigenvalue weighted by Crippen LogP contribution is -2.48. The number of allylic oxidation sites excluding steroid dienone is 2. The summed E-state index contributed by atoms with van der Waals surface area (Å²) in [4.78, 5) is 54.0. The fraction of sp³-hybridized carbons (Fsp3) is 0.267. The number of benzene rings is 3. The summed E-state index contributed by atoms with van der Waals surface area (Å²) in [6, 6.07) is 21.3. The molecule has 0 spiro atoms. The Bertz CT molecular complexity index is 1400. The van der Waals surface area contributed by atoms with Crippen molar-refractivity contribution >= 4 is 40.2 Å². The summed E-state index contributed by atoms with van der Waals surface area (Å²) in [5, 5.41) is 4.64. The minimum atomic E-state index is -1.13. The summed E-state index contributed by atoms with van der Waals surface area (Å²) in [7, 11) is 0. The molecule has 1 heterocycles. The van der Waals surface area contributed by atoms with Crippen LogP contribution >= 0.6 is 0 Å². The van der Waals surface area contributed by atoms with Crippen molar-refractivity contribution < 1.29 is 23.9 Å². The highest BCUT2D eigenvalue weighted by Crippen LogP contribution is 2.53. The molecule has 3 aliphatic rings. The highest BCUT2D eigenvalue weighted by molar-refractivity contribution is 6.09. The monoisotopic (exact) mass is 494 g/mol. The maximum absolute atomic E-state index is 13.4.